The van der Waals surface area contributed by atoms with Gasteiger partial charge in [-0.25, -0.2) is 0 Å². The van der Waals surface area contributed by atoms with E-state index in [2.05, 4.69) is 0 Å². The van der Waals surface area contributed by atoms with Crippen molar-refractivity contribution in [2.75, 3.05) is 0 Å². The second kappa shape index (κ2) is 3.65. The van der Waals surface area contributed by atoms with Crippen LogP contribution in [0.1, 0.15) is 25.0 Å². The Bertz CT molecular complexity index is 320. The molecule has 0 spiro atoms. The lowest BCUT2D eigenvalue weighted by Gasteiger charge is -2.23. The van der Waals surface area contributed by atoms with Gasteiger partial charge in [0.05, 0.1) is 24.6 Å². The molecule has 2 aliphatic rings. The smallest absolute Gasteiger partial charge is 0.106 e. The fourth-order valence-corrected chi connectivity index (χ4v) is 2.87. The summed E-state index contributed by atoms with van der Waals surface area (Å²) in [6.45, 7) is 0. The van der Waals surface area contributed by atoms with Crippen LogP contribution in [-0.2, 0) is 11.2 Å². The van der Waals surface area contributed by atoms with E-state index in [9.17, 15) is 5.11 Å². The highest BCUT2D eigenvalue weighted by Gasteiger charge is 2.43. The van der Waals surface area contributed by atoms with E-state index in [0.29, 0.717) is 24.5 Å². The molecule has 4 unspecified atom stereocenters. The Kier molecular flexibility index (Phi) is 2.29. The topological polar surface area (TPSA) is 42.6 Å². The molecular formula is C12H16O3. The zero-order valence-electron chi connectivity index (χ0n) is 8.63. The van der Waals surface area contributed by atoms with Gasteiger partial charge in [-0.2, -0.15) is 0 Å². The molecule has 82 valence electrons. The van der Waals surface area contributed by atoms with Crippen LogP contribution in [0.3, 0.4) is 0 Å². The summed E-state index contributed by atoms with van der Waals surface area (Å²) in [6.07, 6.45) is 5.97. The van der Waals surface area contributed by atoms with E-state index >= 15 is 0 Å². The van der Waals surface area contributed by atoms with E-state index < -0.39 is 0 Å². The highest BCUT2D eigenvalue weighted by Crippen LogP contribution is 2.40. The summed E-state index contributed by atoms with van der Waals surface area (Å²) in [5.74, 6) is 1.18. The van der Waals surface area contributed by atoms with Gasteiger partial charge in [-0.3, -0.25) is 0 Å². The molecule has 2 aliphatic heterocycles. The van der Waals surface area contributed by atoms with Crippen molar-refractivity contribution < 1.29 is 14.3 Å². The number of aliphatic hydroxyl groups excluding tert-OH is 1. The number of ether oxygens (including phenoxy) is 1. The minimum Gasteiger partial charge on any atom is -0.469 e. The highest BCUT2D eigenvalue weighted by atomic mass is 16.5. The fraction of sp³-hybridized carbons (Fsp3) is 0.667. The summed E-state index contributed by atoms with van der Waals surface area (Å²) in [5.41, 5.74) is 0. The summed E-state index contributed by atoms with van der Waals surface area (Å²) in [6, 6.07) is 3.77. The summed E-state index contributed by atoms with van der Waals surface area (Å²) >= 11 is 0. The van der Waals surface area contributed by atoms with E-state index in [1.165, 1.54) is 6.42 Å². The normalized spacial score (nSPS) is 35.9. The second-order valence-corrected chi connectivity index (χ2v) is 4.62. The third kappa shape index (κ3) is 1.70. The van der Waals surface area contributed by atoms with E-state index in [4.69, 9.17) is 9.15 Å². The van der Waals surface area contributed by atoms with Gasteiger partial charge >= 0.3 is 0 Å². The Morgan fingerprint density at radius 1 is 1.47 bits per heavy atom. The minimum absolute atomic E-state index is 0.292. The number of furan rings is 1. The molecule has 3 rings (SSSR count). The van der Waals surface area contributed by atoms with Gasteiger partial charge in [0.2, 0.25) is 0 Å². The zero-order chi connectivity index (χ0) is 10.3. The molecule has 2 fully saturated rings. The lowest BCUT2D eigenvalue weighted by Crippen LogP contribution is -2.30. The van der Waals surface area contributed by atoms with Crippen LogP contribution < -0.4 is 0 Å². The highest BCUT2D eigenvalue weighted by molar-refractivity contribution is 5.02. The van der Waals surface area contributed by atoms with Crippen LogP contribution in [0.2, 0.25) is 0 Å². The Morgan fingerprint density at radius 2 is 2.40 bits per heavy atom. The number of hydrogen-bond donors (Lipinski definition) is 1. The molecule has 15 heavy (non-hydrogen) atoms. The maximum absolute atomic E-state index is 10.1. The standard InChI is InChI=1S/C12H16O3/c13-11(7-8-2-1-5-14-8)10-6-9-3-4-12(10)15-9/h1-2,5,9-13H,3-4,6-7H2. The van der Waals surface area contributed by atoms with Crippen LogP contribution in [0.5, 0.6) is 0 Å². The first-order valence-corrected chi connectivity index (χ1v) is 5.69. The van der Waals surface area contributed by atoms with Crippen molar-refractivity contribution >= 4 is 0 Å². The number of fused-ring (bicyclic) bond motifs is 2. The van der Waals surface area contributed by atoms with Gasteiger partial charge in [-0.1, -0.05) is 0 Å². The molecule has 1 aromatic rings. The molecule has 3 nitrogen and oxygen atoms in total. The van der Waals surface area contributed by atoms with Crippen LogP contribution in [0.4, 0.5) is 0 Å². The van der Waals surface area contributed by atoms with Crippen LogP contribution in [0.15, 0.2) is 22.8 Å². The second-order valence-electron chi connectivity index (χ2n) is 4.62. The molecule has 3 heteroatoms. The summed E-state index contributed by atoms with van der Waals surface area (Å²) < 4.78 is 11.0. The Hall–Kier alpha value is -0.800. The number of rotatable bonds is 3. The Balaban J connectivity index is 1.63. The largest absolute Gasteiger partial charge is 0.469 e. The summed E-state index contributed by atoms with van der Waals surface area (Å²) in [5, 5.41) is 10.1. The molecule has 0 radical (unpaired) electrons. The predicted octanol–water partition coefficient (Wildman–Crippen LogP) is 1.75. The number of hydrogen-bond acceptors (Lipinski definition) is 3. The number of aliphatic hydroxyl groups is 1. The average molecular weight is 208 g/mol. The van der Waals surface area contributed by atoms with Gasteiger partial charge < -0.3 is 14.3 Å². The van der Waals surface area contributed by atoms with Gasteiger partial charge in [-0.05, 0) is 31.4 Å². The molecule has 0 amide bonds. The van der Waals surface area contributed by atoms with Crippen LogP contribution in [-0.4, -0.2) is 23.4 Å². The van der Waals surface area contributed by atoms with Gasteiger partial charge in [-0.15, -0.1) is 0 Å². The first kappa shape index (κ1) is 9.43. The Morgan fingerprint density at radius 3 is 3.00 bits per heavy atom. The van der Waals surface area contributed by atoms with E-state index in [-0.39, 0.29) is 6.10 Å². The van der Waals surface area contributed by atoms with E-state index in [0.717, 1.165) is 18.6 Å². The predicted molar refractivity (Wildman–Crippen MR) is 54.4 cm³/mol. The molecule has 0 saturated carbocycles. The maximum Gasteiger partial charge on any atom is 0.106 e. The van der Waals surface area contributed by atoms with Crippen LogP contribution in [0.25, 0.3) is 0 Å². The van der Waals surface area contributed by atoms with Crippen molar-refractivity contribution in [3.63, 3.8) is 0 Å². The van der Waals surface area contributed by atoms with Crippen molar-refractivity contribution in [2.24, 2.45) is 5.92 Å². The van der Waals surface area contributed by atoms with Crippen LogP contribution >= 0.6 is 0 Å². The quantitative estimate of drug-likeness (QED) is 0.822. The molecule has 2 saturated heterocycles. The van der Waals surface area contributed by atoms with E-state index in [1.807, 2.05) is 12.1 Å². The Labute approximate surface area is 89.0 Å². The third-order valence-corrected chi connectivity index (χ3v) is 3.64. The summed E-state index contributed by atoms with van der Waals surface area (Å²) in [4.78, 5) is 0. The SMILES string of the molecule is OC(Cc1ccco1)C1CC2CCC1O2. The van der Waals surface area contributed by atoms with E-state index in [1.54, 1.807) is 6.26 Å². The lowest BCUT2D eigenvalue weighted by atomic mass is 9.84. The minimum atomic E-state index is -0.313. The maximum atomic E-state index is 10.1. The molecule has 1 N–H and O–H groups in total. The van der Waals surface area contributed by atoms with Crippen molar-refractivity contribution in [3.8, 4) is 0 Å². The monoisotopic (exact) mass is 208 g/mol. The fourth-order valence-electron chi connectivity index (χ4n) is 2.87. The average Bonchev–Trinajstić information content (AvgIpc) is 2.93. The lowest BCUT2D eigenvalue weighted by molar-refractivity contribution is 0.0409. The molecule has 2 bridgehead atoms. The van der Waals surface area contributed by atoms with Crippen molar-refractivity contribution in [2.45, 2.75) is 44.0 Å². The van der Waals surface area contributed by atoms with Crippen molar-refractivity contribution in [3.05, 3.63) is 24.2 Å². The molecule has 4 atom stereocenters. The van der Waals surface area contributed by atoms with Gasteiger partial charge in [0.25, 0.3) is 0 Å². The molecule has 1 aromatic heterocycles. The zero-order valence-corrected chi connectivity index (χ0v) is 8.63. The molecule has 0 aromatic carbocycles. The van der Waals surface area contributed by atoms with Gasteiger partial charge in [0.1, 0.15) is 5.76 Å². The molecular weight excluding hydrogens is 192 g/mol. The van der Waals surface area contributed by atoms with Gasteiger partial charge in [0.15, 0.2) is 0 Å². The molecule has 3 heterocycles. The van der Waals surface area contributed by atoms with Crippen LogP contribution in [0, 0.1) is 5.92 Å². The molecule has 0 aliphatic carbocycles. The third-order valence-electron chi connectivity index (χ3n) is 3.64. The first-order chi connectivity index (χ1) is 7.33. The van der Waals surface area contributed by atoms with Gasteiger partial charge in [0, 0.05) is 12.3 Å². The van der Waals surface area contributed by atoms with Crippen molar-refractivity contribution in [1.29, 1.82) is 0 Å². The summed E-state index contributed by atoms with van der Waals surface area (Å²) in [7, 11) is 0. The van der Waals surface area contributed by atoms with Crippen molar-refractivity contribution in [1.82, 2.24) is 0 Å². The first-order valence-electron chi connectivity index (χ1n) is 5.69.